The number of hydrogen-bond acceptors (Lipinski definition) is 6. The van der Waals surface area contributed by atoms with Gasteiger partial charge in [0.05, 0.1) is 30.6 Å². The maximum absolute atomic E-state index is 12.4. The van der Waals surface area contributed by atoms with Gasteiger partial charge in [0.15, 0.2) is 9.84 Å². The summed E-state index contributed by atoms with van der Waals surface area (Å²) >= 11 is 0. The van der Waals surface area contributed by atoms with Crippen molar-refractivity contribution in [3.8, 4) is 0 Å². The van der Waals surface area contributed by atoms with Gasteiger partial charge >= 0.3 is 0 Å². The van der Waals surface area contributed by atoms with Crippen molar-refractivity contribution in [2.75, 3.05) is 38.3 Å². The number of nitrogens with zero attached hydrogens (tertiary/aromatic N) is 3. The Bertz CT molecular complexity index is 680. The van der Waals surface area contributed by atoms with Crippen molar-refractivity contribution >= 4 is 15.7 Å². The third kappa shape index (κ3) is 3.76. The van der Waals surface area contributed by atoms with Gasteiger partial charge in [-0.3, -0.25) is 14.7 Å². The van der Waals surface area contributed by atoms with Crippen LogP contribution in [0.25, 0.3) is 0 Å². The molecule has 0 aliphatic carbocycles. The minimum Gasteiger partial charge on any atom is -0.384 e. The number of aromatic nitrogens is 1. The fourth-order valence-corrected chi connectivity index (χ4v) is 5.60. The molecule has 2 aliphatic heterocycles. The quantitative estimate of drug-likeness (QED) is 0.737. The van der Waals surface area contributed by atoms with Gasteiger partial charge in [-0.1, -0.05) is 6.07 Å². The predicted molar refractivity (Wildman–Crippen MR) is 89.1 cm³/mol. The van der Waals surface area contributed by atoms with Gasteiger partial charge in [-0.2, -0.15) is 0 Å². The van der Waals surface area contributed by atoms with E-state index in [2.05, 4.69) is 9.88 Å². The van der Waals surface area contributed by atoms with Crippen LogP contribution in [0.1, 0.15) is 12.0 Å². The molecule has 0 bridgehead atoms. The molecule has 24 heavy (non-hydrogen) atoms. The van der Waals surface area contributed by atoms with E-state index in [1.807, 2.05) is 12.1 Å². The number of ether oxygens (including phenoxy) is 1. The molecule has 132 valence electrons. The molecule has 0 N–H and O–H groups in total. The Labute approximate surface area is 142 Å². The number of fused-ring (bicyclic) bond motifs is 1. The van der Waals surface area contributed by atoms with E-state index in [-0.39, 0.29) is 29.5 Å². The van der Waals surface area contributed by atoms with Crippen LogP contribution in [-0.2, 0) is 25.9 Å². The number of piperazine rings is 1. The number of pyridine rings is 1. The second-order valence-corrected chi connectivity index (χ2v) is 8.53. The number of methoxy groups -OCH3 is 1. The highest BCUT2D eigenvalue weighted by molar-refractivity contribution is 7.91. The summed E-state index contributed by atoms with van der Waals surface area (Å²) in [6.45, 7) is 2.24. The van der Waals surface area contributed by atoms with E-state index in [4.69, 9.17) is 4.74 Å². The van der Waals surface area contributed by atoms with E-state index in [1.54, 1.807) is 24.4 Å². The molecule has 0 spiro atoms. The van der Waals surface area contributed by atoms with Gasteiger partial charge in [0.2, 0.25) is 5.91 Å². The normalized spacial score (nSPS) is 26.3. The third-order valence-electron chi connectivity index (χ3n) is 4.74. The third-order valence-corrected chi connectivity index (χ3v) is 6.44. The van der Waals surface area contributed by atoms with Crippen LogP contribution < -0.4 is 0 Å². The van der Waals surface area contributed by atoms with E-state index in [0.717, 1.165) is 5.56 Å². The largest absolute Gasteiger partial charge is 0.384 e. The summed E-state index contributed by atoms with van der Waals surface area (Å²) in [5.74, 6) is 0.149. The molecular formula is C16H23N3O4S. The topological polar surface area (TPSA) is 79.8 Å². The zero-order chi connectivity index (χ0) is 17.2. The summed E-state index contributed by atoms with van der Waals surface area (Å²) in [6.07, 6.45) is 3.82. The molecule has 2 atom stereocenters. The first-order valence-electron chi connectivity index (χ1n) is 8.12. The van der Waals surface area contributed by atoms with Crippen LogP contribution >= 0.6 is 0 Å². The number of rotatable bonds is 5. The maximum Gasteiger partial charge on any atom is 0.225 e. The first-order chi connectivity index (χ1) is 11.5. The lowest BCUT2D eigenvalue weighted by Crippen LogP contribution is -2.60. The van der Waals surface area contributed by atoms with Gasteiger partial charge in [0.25, 0.3) is 0 Å². The second-order valence-electron chi connectivity index (χ2n) is 6.37. The smallest absolute Gasteiger partial charge is 0.225 e. The zero-order valence-corrected chi connectivity index (χ0v) is 14.6. The first-order valence-corrected chi connectivity index (χ1v) is 9.94. The second kappa shape index (κ2) is 7.16. The monoisotopic (exact) mass is 353 g/mol. The van der Waals surface area contributed by atoms with Gasteiger partial charge in [-0.05, 0) is 11.6 Å². The van der Waals surface area contributed by atoms with Crippen molar-refractivity contribution in [1.82, 2.24) is 14.8 Å². The van der Waals surface area contributed by atoms with Crippen molar-refractivity contribution in [3.05, 3.63) is 30.1 Å². The van der Waals surface area contributed by atoms with E-state index in [0.29, 0.717) is 32.7 Å². The minimum atomic E-state index is -3.12. The lowest BCUT2D eigenvalue weighted by molar-refractivity contribution is -0.138. The molecule has 2 unspecified atom stereocenters. The average molecular weight is 353 g/mol. The van der Waals surface area contributed by atoms with Crippen LogP contribution in [0.3, 0.4) is 0 Å². The Kier molecular flexibility index (Phi) is 5.17. The lowest BCUT2D eigenvalue weighted by Gasteiger charge is -2.44. The summed E-state index contributed by atoms with van der Waals surface area (Å²) in [4.78, 5) is 20.4. The van der Waals surface area contributed by atoms with E-state index >= 15 is 0 Å². The Hall–Kier alpha value is -1.51. The Morgan fingerprint density at radius 3 is 2.83 bits per heavy atom. The summed E-state index contributed by atoms with van der Waals surface area (Å²) < 4.78 is 29.3. The highest BCUT2D eigenvalue weighted by Crippen LogP contribution is 2.28. The number of sulfone groups is 1. The van der Waals surface area contributed by atoms with Gasteiger partial charge in [-0.15, -0.1) is 0 Å². The maximum atomic E-state index is 12.4. The number of amides is 1. The molecule has 1 aromatic heterocycles. The summed E-state index contributed by atoms with van der Waals surface area (Å²) in [5, 5.41) is 0. The van der Waals surface area contributed by atoms with E-state index in [9.17, 15) is 13.2 Å². The molecular weight excluding hydrogens is 330 g/mol. The fourth-order valence-electron chi connectivity index (χ4n) is 3.59. The standard InChI is InChI=1S/C16H23N3O4S/c1-23-8-4-16(20)19-7-6-18(10-13-3-2-5-17-9-13)14-11-24(21,22)12-15(14)19/h2-3,5,9,14-15H,4,6-8,10-12H2,1H3. The van der Waals surface area contributed by atoms with Crippen molar-refractivity contribution in [2.45, 2.75) is 25.0 Å². The fraction of sp³-hybridized carbons (Fsp3) is 0.625. The van der Waals surface area contributed by atoms with Gasteiger partial charge in [0.1, 0.15) is 0 Å². The van der Waals surface area contributed by atoms with Crippen molar-refractivity contribution in [1.29, 1.82) is 0 Å². The Balaban J connectivity index is 1.76. The highest BCUT2D eigenvalue weighted by Gasteiger charge is 2.47. The summed E-state index contributed by atoms with van der Waals surface area (Å²) in [5.41, 5.74) is 1.06. The van der Waals surface area contributed by atoms with Crippen LogP contribution in [-0.4, -0.2) is 79.5 Å². The van der Waals surface area contributed by atoms with Crippen LogP contribution in [0.15, 0.2) is 24.5 Å². The molecule has 7 nitrogen and oxygen atoms in total. The van der Waals surface area contributed by atoms with Crippen molar-refractivity contribution in [2.24, 2.45) is 0 Å². The lowest BCUT2D eigenvalue weighted by atomic mass is 10.0. The van der Waals surface area contributed by atoms with Crippen LogP contribution in [0.5, 0.6) is 0 Å². The Morgan fingerprint density at radius 2 is 2.12 bits per heavy atom. The first kappa shape index (κ1) is 17.3. The SMILES string of the molecule is COCCC(=O)N1CCN(Cc2cccnc2)C2CS(=O)(=O)CC21. The molecule has 0 saturated carbocycles. The molecule has 1 amide bonds. The van der Waals surface area contributed by atoms with Gasteiger partial charge in [-0.25, -0.2) is 8.42 Å². The number of carbonyl (C=O) groups excluding carboxylic acids is 1. The molecule has 1 aromatic rings. The minimum absolute atomic E-state index is 0.0232. The molecule has 8 heteroatoms. The number of carbonyl (C=O) groups is 1. The number of hydrogen-bond donors (Lipinski definition) is 0. The molecule has 3 rings (SSSR count). The van der Waals surface area contributed by atoms with E-state index in [1.165, 1.54) is 0 Å². The molecule has 2 saturated heterocycles. The summed E-state index contributed by atoms with van der Waals surface area (Å²) in [7, 11) is -1.57. The zero-order valence-electron chi connectivity index (χ0n) is 13.8. The van der Waals surface area contributed by atoms with Gasteiger partial charge in [0, 0.05) is 45.2 Å². The van der Waals surface area contributed by atoms with Crippen LogP contribution in [0.4, 0.5) is 0 Å². The molecule has 2 aliphatic rings. The Morgan fingerprint density at radius 1 is 1.33 bits per heavy atom. The van der Waals surface area contributed by atoms with Gasteiger partial charge < -0.3 is 9.64 Å². The average Bonchev–Trinajstić information content (AvgIpc) is 2.89. The summed E-state index contributed by atoms with van der Waals surface area (Å²) in [6, 6.07) is 3.46. The molecule has 0 aromatic carbocycles. The molecule has 3 heterocycles. The molecule has 2 fully saturated rings. The van der Waals surface area contributed by atoms with Crippen LogP contribution in [0.2, 0.25) is 0 Å². The molecule has 0 radical (unpaired) electrons. The van der Waals surface area contributed by atoms with E-state index < -0.39 is 9.84 Å². The predicted octanol–water partition coefficient (Wildman–Crippen LogP) is -0.0721. The van der Waals surface area contributed by atoms with Crippen molar-refractivity contribution < 1.29 is 17.9 Å². The van der Waals surface area contributed by atoms with Crippen molar-refractivity contribution in [3.63, 3.8) is 0 Å². The van der Waals surface area contributed by atoms with Crippen LogP contribution in [0, 0.1) is 0 Å². The highest BCUT2D eigenvalue weighted by atomic mass is 32.2.